The number of amides is 1. The van der Waals surface area contributed by atoms with Crippen LogP contribution >= 0.6 is 11.6 Å². The molecule has 1 fully saturated rings. The van der Waals surface area contributed by atoms with Crippen molar-refractivity contribution in [1.82, 2.24) is 4.90 Å². The maximum atomic E-state index is 15.3. The van der Waals surface area contributed by atoms with Crippen molar-refractivity contribution in [3.05, 3.63) is 94.3 Å². The number of aliphatic carboxylic acids is 1. The second-order valence-electron chi connectivity index (χ2n) is 7.54. The van der Waals surface area contributed by atoms with Crippen LogP contribution in [0.3, 0.4) is 0 Å². The normalized spacial score (nSPS) is 17.7. The molecular weight excluding hydrogens is 431 g/mol. The Hall–Kier alpha value is -3.69. The summed E-state index contributed by atoms with van der Waals surface area (Å²) in [4.78, 5) is 27.0. The van der Waals surface area contributed by atoms with Crippen LogP contribution < -0.4 is 0 Å². The Morgan fingerprint density at radius 2 is 1.75 bits per heavy atom. The first-order valence-electron chi connectivity index (χ1n) is 10.0. The maximum absolute atomic E-state index is 15.3. The quantitative estimate of drug-likeness (QED) is 0.575. The lowest BCUT2D eigenvalue weighted by molar-refractivity contribution is -0.141. The predicted molar refractivity (Wildman–Crippen MR) is 118 cm³/mol. The first kappa shape index (κ1) is 21.5. The number of carboxylic acid groups (broad SMARTS) is 1. The van der Waals surface area contributed by atoms with Crippen molar-refractivity contribution in [2.75, 3.05) is 0 Å². The standard InChI is InChI=1S/C25H18ClFN2O3/c26-19-9-5-4-8-17(19)21-10-11-22(25(31)32)29(21)24(30)23-18(16-6-2-1-3-7-16)12-15(14-28)13-20(23)27/h1-9,12-13,21-22H,10-11H2,(H,31,32). The summed E-state index contributed by atoms with van der Waals surface area (Å²) in [5.41, 5.74) is 1.20. The van der Waals surface area contributed by atoms with Crippen LogP contribution in [0.5, 0.6) is 0 Å². The molecule has 3 aromatic carbocycles. The van der Waals surface area contributed by atoms with Crippen LogP contribution in [-0.2, 0) is 4.79 Å². The number of rotatable bonds is 4. The van der Waals surface area contributed by atoms with E-state index >= 15 is 4.39 Å². The van der Waals surface area contributed by atoms with E-state index in [1.807, 2.05) is 6.07 Å². The molecular formula is C25H18ClFN2O3. The highest BCUT2D eigenvalue weighted by molar-refractivity contribution is 6.31. The molecule has 1 N–H and O–H groups in total. The minimum atomic E-state index is -1.16. The van der Waals surface area contributed by atoms with E-state index in [9.17, 15) is 20.0 Å². The van der Waals surface area contributed by atoms with Gasteiger partial charge >= 0.3 is 5.97 Å². The van der Waals surface area contributed by atoms with E-state index in [0.29, 0.717) is 22.6 Å². The van der Waals surface area contributed by atoms with Crippen LogP contribution in [-0.4, -0.2) is 27.9 Å². The number of nitrogens with zero attached hydrogens (tertiary/aromatic N) is 2. The Morgan fingerprint density at radius 3 is 2.41 bits per heavy atom. The number of carboxylic acids is 1. The van der Waals surface area contributed by atoms with Crippen molar-refractivity contribution >= 4 is 23.5 Å². The lowest BCUT2D eigenvalue weighted by Gasteiger charge is -2.30. The van der Waals surface area contributed by atoms with Gasteiger partial charge in [0.05, 0.1) is 23.2 Å². The van der Waals surface area contributed by atoms with Crippen molar-refractivity contribution in [2.45, 2.75) is 24.9 Å². The van der Waals surface area contributed by atoms with Gasteiger partial charge in [0.1, 0.15) is 11.9 Å². The molecule has 1 aliphatic heterocycles. The van der Waals surface area contributed by atoms with Gasteiger partial charge in [-0.05, 0) is 47.7 Å². The first-order chi connectivity index (χ1) is 15.4. The highest BCUT2D eigenvalue weighted by atomic mass is 35.5. The van der Waals surface area contributed by atoms with Crippen molar-refractivity contribution < 1.29 is 19.1 Å². The van der Waals surface area contributed by atoms with Crippen LogP contribution in [0.1, 0.15) is 40.4 Å². The van der Waals surface area contributed by atoms with Gasteiger partial charge in [0.25, 0.3) is 5.91 Å². The summed E-state index contributed by atoms with van der Waals surface area (Å²) in [6.45, 7) is 0. The fraction of sp³-hybridized carbons (Fsp3) is 0.160. The van der Waals surface area contributed by atoms with Crippen LogP contribution in [0.2, 0.25) is 5.02 Å². The van der Waals surface area contributed by atoms with E-state index in [1.165, 1.54) is 11.0 Å². The molecule has 1 aliphatic rings. The SMILES string of the molecule is N#Cc1cc(F)c(C(=O)N2C(C(=O)O)CCC2c2ccccc2Cl)c(-c2ccccc2)c1. The molecule has 3 aromatic rings. The number of benzene rings is 3. The van der Waals surface area contributed by atoms with Gasteiger partial charge in [-0.2, -0.15) is 5.26 Å². The summed E-state index contributed by atoms with van der Waals surface area (Å²) in [5, 5.41) is 19.5. The maximum Gasteiger partial charge on any atom is 0.326 e. The summed E-state index contributed by atoms with van der Waals surface area (Å²) in [6, 6.07) is 18.2. The first-order valence-corrected chi connectivity index (χ1v) is 10.4. The zero-order valence-corrected chi connectivity index (χ0v) is 17.6. The molecule has 160 valence electrons. The summed E-state index contributed by atoms with van der Waals surface area (Å²) < 4.78 is 15.3. The third-order valence-corrected chi connectivity index (χ3v) is 6.03. The number of hydrogen-bond acceptors (Lipinski definition) is 3. The zero-order valence-electron chi connectivity index (χ0n) is 16.8. The molecule has 1 saturated heterocycles. The third kappa shape index (κ3) is 3.83. The summed E-state index contributed by atoms with van der Waals surface area (Å²) in [5.74, 6) is -2.79. The molecule has 0 aromatic heterocycles. The minimum absolute atomic E-state index is 0.0664. The number of hydrogen-bond donors (Lipinski definition) is 1. The molecule has 0 spiro atoms. The van der Waals surface area contributed by atoms with Gasteiger partial charge < -0.3 is 10.0 Å². The van der Waals surface area contributed by atoms with Gasteiger partial charge in [0.2, 0.25) is 0 Å². The topological polar surface area (TPSA) is 81.4 Å². The number of likely N-dealkylation sites (tertiary alicyclic amines) is 1. The van der Waals surface area contributed by atoms with E-state index in [1.54, 1.807) is 54.6 Å². The molecule has 32 heavy (non-hydrogen) atoms. The van der Waals surface area contributed by atoms with Crippen molar-refractivity contribution in [3.63, 3.8) is 0 Å². The zero-order chi connectivity index (χ0) is 22.8. The molecule has 2 unspecified atom stereocenters. The van der Waals surface area contributed by atoms with Gasteiger partial charge in [-0.3, -0.25) is 4.79 Å². The molecule has 0 radical (unpaired) electrons. The Bertz CT molecular complexity index is 1240. The second kappa shape index (κ2) is 8.81. The van der Waals surface area contributed by atoms with Gasteiger partial charge in [-0.25, -0.2) is 9.18 Å². The minimum Gasteiger partial charge on any atom is -0.480 e. The number of carbonyl (C=O) groups is 2. The summed E-state index contributed by atoms with van der Waals surface area (Å²) >= 11 is 6.35. The summed E-state index contributed by atoms with van der Waals surface area (Å²) in [7, 11) is 0. The number of carbonyl (C=O) groups excluding carboxylic acids is 1. The molecule has 0 aliphatic carbocycles. The van der Waals surface area contributed by atoms with Gasteiger partial charge in [0.15, 0.2) is 0 Å². The molecule has 2 atom stereocenters. The number of nitriles is 1. The Labute approximate surface area is 189 Å². The van der Waals surface area contributed by atoms with E-state index in [-0.39, 0.29) is 23.1 Å². The molecule has 4 rings (SSSR count). The van der Waals surface area contributed by atoms with Crippen molar-refractivity contribution in [1.29, 1.82) is 5.26 Å². The highest BCUT2D eigenvalue weighted by Gasteiger charge is 2.43. The molecule has 5 nitrogen and oxygen atoms in total. The van der Waals surface area contributed by atoms with E-state index in [4.69, 9.17) is 11.6 Å². The third-order valence-electron chi connectivity index (χ3n) is 5.69. The summed E-state index contributed by atoms with van der Waals surface area (Å²) in [6.07, 6.45) is 0.598. The van der Waals surface area contributed by atoms with E-state index < -0.39 is 29.8 Å². The lowest BCUT2D eigenvalue weighted by atomic mass is 9.95. The fourth-order valence-corrected chi connectivity index (χ4v) is 4.51. The average molecular weight is 449 g/mol. The van der Waals surface area contributed by atoms with Crippen LogP contribution in [0, 0.1) is 17.1 Å². The average Bonchev–Trinajstić information content (AvgIpc) is 3.24. The van der Waals surface area contributed by atoms with Gasteiger partial charge in [-0.15, -0.1) is 0 Å². The Kier molecular flexibility index (Phi) is 5.93. The Balaban J connectivity index is 1.89. The van der Waals surface area contributed by atoms with Crippen LogP contribution in [0.4, 0.5) is 4.39 Å². The smallest absolute Gasteiger partial charge is 0.326 e. The molecule has 0 saturated carbocycles. The molecule has 1 heterocycles. The van der Waals surface area contributed by atoms with E-state index in [0.717, 1.165) is 6.07 Å². The van der Waals surface area contributed by atoms with Crippen LogP contribution in [0.15, 0.2) is 66.7 Å². The van der Waals surface area contributed by atoms with Crippen molar-refractivity contribution in [2.24, 2.45) is 0 Å². The van der Waals surface area contributed by atoms with E-state index in [2.05, 4.69) is 0 Å². The largest absolute Gasteiger partial charge is 0.480 e. The Morgan fingerprint density at radius 1 is 1.06 bits per heavy atom. The molecule has 0 bridgehead atoms. The molecule has 1 amide bonds. The van der Waals surface area contributed by atoms with Gasteiger partial charge in [-0.1, -0.05) is 60.1 Å². The fourth-order valence-electron chi connectivity index (χ4n) is 4.25. The number of halogens is 2. The lowest BCUT2D eigenvalue weighted by Crippen LogP contribution is -2.42. The van der Waals surface area contributed by atoms with Crippen LogP contribution in [0.25, 0.3) is 11.1 Å². The monoisotopic (exact) mass is 448 g/mol. The predicted octanol–water partition coefficient (Wildman–Crippen LogP) is 5.45. The highest BCUT2D eigenvalue weighted by Crippen LogP contribution is 2.41. The molecule has 7 heteroatoms. The van der Waals surface area contributed by atoms with Crippen molar-refractivity contribution in [3.8, 4) is 17.2 Å². The second-order valence-corrected chi connectivity index (χ2v) is 7.95. The van der Waals surface area contributed by atoms with Gasteiger partial charge in [0, 0.05) is 5.02 Å².